The SMILES string of the molecule is COc1ccc(OC)c(C(=O)[C@@H]2[C@H](C(=O)c3ccc(OC(C)=O)cc3)N3c4ccccc4C=C[C@H]3[C@]23C(=O)Nc2ccccc23)c1. The van der Waals surface area contributed by atoms with Crippen LogP contribution in [0.5, 0.6) is 17.2 Å². The highest BCUT2D eigenvalue weighted by molar-refractivity contribution is 6.19. The van der Waals surface area contributed by atoms with Crippen LogP contribution < -0.4 is 24.4 Å². The summed E-state index contributed by atoms with van der Waals surface area (Å²) in [4.78, 5) is 58.2. The number of methoxy groups -OCH3 is 2. The molecule has 1 saturated heterocycles. The third kappa shape index (κ3) is 4.23. The number of nitrogens with one attached hydrogen (secondary N) is 1. The van der Waals surface area contributed by atoms with E-state index in [0.29, 0.717) is 28.3 Å². The molecule has 4 aromatic carbocycles. The maximum Gasteiger partial charge on any atom is 0.308 e. The molecule has 230 valence electrons. The standard InChI is InChI=1S/C37H30N2O7/c1-21(40)46-24-15-12-23(13-16-24)34(41)33-32(35(42)26-20-25(44-2)17-18-30(26)45-3)37(27-9-5-6-10-28(27)38-36(37)43)31-19-14-22-8-4-7-11-29(22)39(31)33/h4-20,31-33H,1-3H3,(H,38,43)/t31-,32-,33+,37-/m0/s1. The number of hydrogen-bond donors (Lipinski definition) is 1. The fraction of sp³-hybridized carbons (Fsp3) is 0.189. The van der Waals surface area contributed by atoms with Gasteiger partial charge >= 0.3 is 5.97 Å². The Labute approximate surface area is 265 Å². The lowest BCUT2D eigenvalue weighted by Crippen LogP contribution is -2.51. The molecule has 1 spiro atoms. The van der Waals surface area contributed by atoms with Crippen molar-refractivity contribution in [2.24, 2.45) is 5.92 Å². The Morgan fingerprint density at radius 3 is 2.28 bits per heavy atom. The number of benzene rings is 4. The minimum absolute atomic E-state index is 0.198. The highest BCUT2D eigenvalue weighted by atomic mass is 16.5. The van der Waals surface area contributed by atoms with E-state index in [2.05, 4.69) is 5.32 Å². The second-order valence-electron chi connectivity index (χ2n) is 11.5. The number of carbonyl (C=O) groups is 4. The highest BCUT2D eigenvalue weighted by Crippen LogP contribution is 2.58. The number of amides is 1. The number of fused-ring (bicyclic) bond motifs is 6. The minimum Gasteiger partial charge on any atom is -0.497 e. The summed E-state index contributed by atoms with van der Waals surface area (Å²) in [6, 6.07) is 24.3. The number of nitrogens with zero attached hydrogens (tertiary/aromatic N) is 1. The third-order valence-electron chi connectivity index (χ3n) is 9.17. The van der Waals surface area contributed by atoms with Gasteiger partial charge in [0.05, 0.1) is 31.7 Å². The average molecular weight is 615 g/mol. The van der Waals surface area contributed by atoms with Gasteiger partial charge in [0, 0.05) is 23.9 Å². The predicted molar refractivity (Wildman–Crippen MR) is 172 cm³/mol. The predicted octanol–water partition coefficient (Wildman–Crippen LogP) is 5.49. The lowest BCUT2D eigenvalue weighted by molar-refractivity contribution is -0.131. The summed E-state index contributed by atoms with van der Waals surface area (Å²) in [5.74, 6) is -1.83. The molecule has 1 N–H and O–H groups in total. The van der Waals surface area contributed by atoms with Crippen LogP contribution in [0, 0.1) is 5.92 Å². The summed E-state index contributed by atoms with van der Waals surface area (Å²) in [5, 5.41) is 3.03. The quantitative estimate of drug-likeness (QED) is 0.165. The molecule has 0 aromatic heterocycles. The van der Waals surface area contributed by atoms with E-state index in [4.69, 9.17) is 14.2 Å². The first-order chi connectivity index (χ1) is 22.3. The van der Waals surface area contributed by atoms with Gasteiger partial charge in [0.15, 0.2) is 11.6 Å². The summed E-state index contributed by atoms with van der Waals surface area (Å²) in [6.45, 7) is 1.30. The van der Waals surface area contributed by atoms with E-state index >= 15 is 4.79 Å². The van der Waals surface area contributed by atoms with Crippen LogP contribution in [0.4, 0.5) is 11.4 Å². The molecule has 0 bridgehead atoms. The summed E-state index contributed by atoms with van der Waals surface area (Å²) < 4.78 is 16.3. The molecule has 3 heterocycles. The van der Waals surface area contributed by atoms with Gasteiger partial charge in [-0.05, 0) is 65.7 Å². The molecule has 4 aromatic rings. The molecule has 3 aliphatic rings. The van der Waals surface area contributed by atoms with Crippen LogP contribution >= 0.6 is 0 Å². The number of para-hydroxylation sites is 2. The summed E-state index contributed by atoms with van der Waals surface area (Å²) in [7, 11) is 2.97. The van der Waals surface area contributed by atoms with Crippen LogP contribution in [-0.2, 0) is 15.0 Å². The number of anilines is 2. The van der Waals surface area contributed by atoms with Gasteiger partial charge in [0.2, 0.25) is 5.91 Å². The largest absolute Gasteiger partial charge is 0.497 e. The van der Waals surface area contributed by atoms with Crippen LogP contribution in [0.15, 0.2) is 97.1 Å². The molecule has 7 rings (SSSR count). The van der Waals surface area contributed by atoms with Gasteiger partial charge < -0.3 is 24.4 Å². The van der Waals surface area contributed by atoms with Gasteiger partial charge in [-0.2, -0.15) is 0 Å². The van der Waals surface area contributed by atoms with E-state index < -0.39 is 35.2 Å². The van der Waals surface area contributed by atoms with Crippen molar-refractivity contribution in [1.29, 1.82) is 0 Å². The molecule has 1 fully saturated rings. The molecule has 0 saturated carbocycles. The topological polar surface area (TPSA) is 111 Å². The Morgan fingerprint density at radius 1 is 0.826 bits per heavy atom. The molecule has 46 heavy (non-hydrogen) atoms. The third-order valence-corrected chi connectivity index (χ3v) is 9.17. The first-order valence-corrected chi connectivity index (χ1v) is 14.8. The van der Waals surface area contributed by atoms with Crippen LogP contribution in [0.25, 0.3) is 6.08 Å². The molecule has 9 nitrogen and oxygen atoms in total. The monoisotopic (exact) mass is 614 g/mol. The Bertz CT molecular complexity index is 1950. The van der Waals surface area contributed by atoms with Crippen molar-refractivity contribution in [3.05, 3.63) is 119 Å². The van der Waals surface area contributed by atoms with Crippen molar-refractivity contribution in [1.82, 2.24) is 0 Å². The Hall–Kier alpha value is -5.70. The van der Waals surface area contributed by atoms with E-state index in [-0.39, 0.29) is 23.0 Å². The van der Waals surface area contributed by atoms with Gasteiger partial charge in [0.25, 0.3) is 0 Å². The summed E-state index contributed by atoms with van der Waals surface area (Å²) in [5.41, 5.74) is 1.83. The second-order valence-corrected chi connectivity index (χ2v) is 11.5. The van der Waals surface area contributed by atoms with Crippen molar-refractivity contribution in [3.63, 3.8) is 0 Å². The van der Waals surface area contributed by atoms with E-state index in [9.17, 15) is 14.4 Å². The van der Waals surface area contributed by atoms with Crippen molar-refractivity contribution in [3.8, 4) is 17.2 Å². The second kappa shape index (κ2) is 11.0. The van der Waals surface area contributed by atoms with Crippen LogP contribution in [-0.4, -0.2) is 49.7 Å². The number of rotatable bonds is 7. The fourth-order valence-corrected chi connectivity index (χ4v) is 7.32. The van der Waals surface area contributed by atoms with Gasteiger partial charge in [-0.1, -0.05) is 48.6 Å². The molecule has 4 atom stereocenters. The highest BCUT2D eigenvalue weighted by Gasteiger charge is 2.70. The zero-order valence-corrected chi connectivity index (χ0v) is 25.4. The number of hydrogen-bond acceptors (Lipinski definition) is 8. The molecule has 0 unspecified atom stereocenters. The van der Waals surface area contributed by atoms with Gasteiger partial charge in [-0.25, -0.2) is 0 Å². The first-order valence-electron chi connectivity index (χ1n) is 14.8. The Balaban J connectivity index is 1.50. The van der Waals surface area contributed by atoms with Gasteiger partial charge in [-0.15, -0.1) is 0 Å². The minimum atomic E-state index is -1.48. The fourth-order valence-electron chi connectivity index (χ4n) is 7.32. The normalized spacial score (nSPS) is 22.0. The van der Waals surface area contributed by atoms with Crippen molar-refractivity contribution < 1.29 is 33.4 Å². The average Bonchev–Trinajstić information content (AvgIpc) is 3.56. The number of ketones is 2. The molecule has 1 amide bonds. The van der Waals surface area contributed by atoms with E-state index in [1.807, 2.05) is 65.6 Å². The van der Waals surface area contributed by atoms with E-state index in [0.717, 1.165) is 11.3 Å². The number of carbonyl (C=O) groups excluding carboxylic acids is 4. The van der Waals surface area contributed by atoms with Gasteiger partial charge in [0.1, 0.15) is 28.7 Å². The van der Waals surface area contributed by atoms with Crippen LogP contribution in [0.2, 0.25) is 0 Å². The van der Waals surface area contributed by atoms with Crippen LogP contribution in [0.1, 0.15) is 38.8 Å². The lowest BCUT2D eigenvalue weighted by atomic mass is 9.64. The Kier molecular flexibility index (Phi) is 6.96. The van der Waals surface area contributed by atoms with Crippen molar-refractivity contribution in [2.75, 3.05) is 24.4 Å². The summed E-state index contributed by atoms with van der Waals surface area (Å²) >= 11 is 0. The maximum atomic E-state index is 15.2. The molecule has 0 aliphatic carbocycles. The maximum absolute atomic E-state index is 15.2. The first kappa shape index (κ1) is 29.0. The lowest BCUT2D eigenvalue weighted by Gasteiger charge is -2.37. The Morgan fingerprint density at radius 2 is 1.54 bits per heavy atom. The molecular weight excluding hydrogens is 584 g/mol. The van der Waals surface area contributed by atoms with Gasteiger partial charge in [-0.3, -0.25) is 19.2 Å². The number of ether oxygens (including phenoxy) is 3. The molecular formula is C37H30N2O7. The smallest absolute Gasteiger partial charge is 0.308 e. The van der Waals surface area contributed by atoms with E-state index in [1.165, 1.54) is 21.1 Å². The number of Topliss-reactive ketones (excluding diaryl/α,β-unsaturated/α-hetero) is 2. The molecule has 3 aliphatic heterocycles. The molecule has 0 radical (unpaired) electrons. The van der Waals surface area contributed by atoms with Crippen molar-refractivity contribution >= 4 is 40.9 Å². The van der Waals surface area contributed by atoms with Crippen molar-refractivity contribution in [2.45, 2.75) is 24.4 Å². The van der Waals surface area contributed by atoms with Crippen LogP contribution in [0.3, 0.4) is 0 Å². The molecule has 9 heteroatoms. The summed E-state index contributed by atoms with van der Waals surface area (Å²) in [6.07, 6.45) is 3.87. The zero-order valence-electron chi connectivity index (χ0n) is 25.4. The zero-order chi connectivity index (χ0) is 32.2. The van der Waals surface area contributed by atoms with E-state index in [1.54, 1.807) is 42.5 Å². The number of esters is 1.